The van der Waals surface area contributed by atoms with Crippen molar-refractivity contribution in [3.05, 3.63) is 53.6 Å². The standard InChI is InChI=1S/C15H13F3O3/c1-20-14-7-10(9-19)5-6-13(14)21-12-4-2-3-11(8-12)15(16,17)18/h2-8,19H,9H2,1H3. The van der Waals surface area contributed by atoms with Gasteiger partial charge in [0.05, 0.1) is 19.3 Å². The Morgan fingerprint density at radius 2 is 1.81 bits per heavy atom. The smallest absolute Gasteiger partial charge is 0.416 e. The minimum Gasteiger partial charge on any atom is -0.493 e. The molecular formula is C15H13F3O3. The fraction of sp³-hybridized carbons (Fsp3) is 0.200. The van der Waals surface area contributed by atoms with Crippen molar-refractivity contribution < 1.29 is 27.8 Å². The number of hydrogen-bond acceptors (Lipinski definition) is 3. The number of aliphatic hydroxyl groups is 1. The van der Waals surface area contributed by atoms with E-state index in [1.54, 1.807) is 12.1 Å². The fourth-order valence-corrected chi connectivity index (χ4v) is 1.76. The number of rotatable bonds is 4. The van der Waals surface area contributed by atoms with Gasteiger partial charge in [-0.3, -0.25) is 0 Å². The summed E-state index contributed by atoms with van der Waals surface area (Å²) in [5, 5.41) is 9.04. The average Bonchev–Trinajstić information content (AvgIpc) is 2.47. The lowest BCUT2D eigenvalue weighted by molar-refractivity contribution is -0.137. The average molecular weight is 298 g/mol. The molecule has 0 unspecified atom stereocenters. The summed E-state index contributed by atoms with van der Waals surface area (Å²) in [6.45, 7) is -0.166. The first-order valence-corrected chi connectivity index (χ1v) is 6.07. The van der Waals surface area contributed by atoms with Crippen molar-refractivity contribution in [2.24, 2.45) is 0 Å². The van der Waals surface area contributed by atoms with Crippen LogP contribution in [0.3, 0.4) is 0 Å². The Kier molecular flexibility index (Phi) is 4.37. The number of benzene rings is 2. The lowest BCUT2D eigenvalue weighted by atomic mass is 10.2. The summed E-state index contributed by atoms with van der Waals surface area (Å²) in [4.78, 5) is 0. The van der Waals surface area contributed by atoms with Gasteiger partial charge in [0.1, 0.15) is 5.75 Å². The summed E-state index contributed by atoms with van der Waals surface area (Å²) in [5.74, 6) is 0.660. The SMILES string of the molecule is COc1cc(CO)ccc1Oc1cccc(C(F)(F)F)c1. The quantitative estimate of drug-likeness (QED) is 0.927. The molecule has 6 heteroatoms. The Bertz CT molecular complexity index is 624. The molecule has 2 rings (SSSR count). The predicted molar refractivity (Wildman–Crippen MR) is 70.4 cm³/mol. The van der Waals surface area contributed by atoms with Crippen LogP contribution in [-0.4, -0.2) is 12.2 Å². The fourth-order valence-electron chi connectivity index (χ4n) is 1.76. The number of hydrogen-bond donors (Lipinski definition) is 1. The van der Waals surface area contributed by atoms with Gasteiger partial charge in [-0.05, 0) is 35.9 Å². The van der Waals surface area contributed by atoms with E-state index in [0.717, 1.165) is 12.1 Å². The molecule has 2 aromatic carbocycles. The normalized spacial score (nSPS) is 11.3. The maximum absolute atomic E-state index is 12.6. The molecular weight excluding hydrogens is 285 g/mol. The van der Waals surface area contributed by atoms with Crippen LogP contribution < -0.4 is 9.47 Å². The molecule has 0 heterocycles. The topological polar surface area (TPSA) is 38.7 Å². The second kappa shape index (κ2) is 6.05. The van der Waals surface area contributed by atoms with Crippen molar-refractivity contribution in [2.45, 2.75) is 12.8 Å². The Balaban J connectivity index is 2.30. The number of methoxy groups -OCH3 is 1. The highest BCUT2D eigenvalue weighted by Crippen LogP contribution is 2.35. The van der Waals surface area contributed by atoms with E-state index in [1.165, 1.54) is 25.3 Å². The van der Waals surface area contributed by atoms with Gasteiger partial charge in [0.2, 0.25) is 0 Å². The number of alkyl halides is 3. The third-order valence-corrected chi connectivity index (χ3v) is 2.80. The van der Waals surface area contributed by atoms with E-state index in [2.05, 4.69) is 0 Å². The highest BCUT2D eigenvalue weighted by molar-refractivity contribution is 5.45. The Labute approximate surface area is 119 Å². The monoisotopic (exact) mass is 298 g/mol. The van der Waals surface area contributed by atoms with Gasteiger partial charge in [0.15, 0.2) is 11.5 Å². The van der Waals surface area contributed by atoms with Crippen molar-refractivity contribution in [3.63, 3.8) is 0 Å². The van der Waals surface area contributed by atoms with Gasteiger partial charge in [0.25, 0.3) is 0 Å². The molecule has 0 spiro atoms. The van der Waals surface area contributed by atoms with Gasteiger partial charge in [-0.2, -0.15) is 13.2 Å². The summed E-state index contributed by atoms with van der Waals surface area (Å²) in [6, 6.07) is 9.28. The summed E-state index contributed by atoms with van der Waals surface area (Å²) >= 11 is 0. The van der Waals surface area contributed by atoms with E-state index in [9.17, 15) is 13.2 Å². The highest BCUT2D eigenvalue weighted by Gasteiger charge is 2.30. The van der Waals surface area contributed by atoms with Crippen LogP contribution >= 0.6 is 0 Å². The van der Waals surface area contributed by atoms with Gasteiger partial charge >= 0.3 is 6.18 Å². The van der Waals surface area contributed by atoms with Crippen LogP contribution in [0.15, 0.2) is 42.5 Å². The van der Waals surface area contributed by atoms with E-state index in [-0.39, 0.29) is 18.1 Å². The molecule has 0 aliphatic rings. The highest BCUT2D eigenvalue weighted by atomic mass is 19.4. The number of ether oxygens (including phenoxy) is 2. The zero-order valence-electron chi connectivity index (χ0n) is 11.1. The number of halogens is 3. The number of aliphatic hydroxyl groups excluding tert-OH is 1. The minimum absolute atomic E-state index is 0.0554. The van der Waals surface area contributed by atoms with E-state index >= 15 is 0 Å². The molecule has 0 aliphatic carbocycles. The Hall–Kier alpha value is -2.21. The molecule has 0 aromatic heterocycles. The molecule has 0 saturated carbocycles. The maximum Gasteiger partial charge on any atom is 0.416 e. The second-order valence-electron chi connectivity index (χ2n) is 4.27. The van der Waals surface area contributed by atoms with Gasteiger partial charge < -0.3 is 14.6 Å². The summed E-state index contributed by atoms with van der Waals surface area (Å²) < 4.78 is 48.5. The zero-order chi connectivity index (χ0) is 15.5. The van der Waals surface area contributed by atoms with Crippen LogP contribution in [0.4, 0.5) is 13.2 Å². The molecule has 0 amide bonds. The van der Waals surface area contributed by atoms with Gasteiger partial charge in [-0.15, -0.1) is 0 Å². The van der Waals surface area contributed by atoms with Crippen molar-refractivity contribution in [1.82, 2.24) is 0 Å². The molecule has 112 valence electrons. The first-order valence-electron chi connectivity index (χ1n) is 6.07. The third-order valence-electron chi connectivity index (χ3n) is 2.80. The van der Waals surface area contributed by atoms with Gasteiger partial charge in [-0.1, -0.05) is 12.1 Å². The first-order chi connectivity index (χ1) is 9.94. The summed E-state index contributed by atoms with van der Waals surface area (Å²) in [5.41, 5.74) is -0.172. The molecule has 3 nitrogen and oxygen atoms in total. The molecule has 0 atom stereocenters. The third kappa shape index (κ3) is 3.66. The summed E-state index contributed by atoms with van der Waals surface area (Å²) in [7, 11) is 1.41. The lowest BCUT2D eigenvalue weighted by Gasteiger charge is -2.13. The molecule has 1 N–H and O–H groups in total. The second-order valence-corrected chi connectivity index (χ2v) is 4.27. The molecule has 0 radical (unpaired) electrons. The molecule has 0 aliphatic heterocycles. The van der Waals surface area contributed by atoms with Crippen molar-refractivity contribution in [3.8, 4) is 17.2 Å². The Morgan fingerprint density at radius 3 is 2.43 bits per heavy atom. The van der Waals surface area contributed by atoms with Crippen molar-refractivity contribution in [2.75, 3.05) is 7.11 Å². The molecule has 2 aromatic rings. The minimum atomic E-state index is -4.43. The van der Waals surface area contributed by atoms with Crippen LogP contribution in [0, 0.1) is 0 Å². The van der Waals surface area contributed by atoms with Crippen LogP contribution in [0.2, 0.25) is 0 Å². The maximum atomic E-state index is 12.6. The van der Waals surface area contributed by atoms with Crippen LogP contribution in [-0.2, 0) is 12.8 Å². The van der Waals surface area contributed by atoms with Crippen molar-refractivity contribution >= 4 is 0 Å². The van der Waals surface area contributed by atoms with Crippen molar-refractivity contribution in [1.29, 1.82) is 0 Å². The van der Waals surface area contributed by atoms with E-state index in [1.807, 2.05) is 0 Å². The van der Waals surface area contributed by atoms with E-state index < -0.39 is 11.7 Å². The zero-order valence-corrected chi connectivity index (χ0v) is 11.1. The van der Waals surface area contributed by atoms with Gasteiger partial charge in [-0.25, -0.2) is 0 Å². The molecule has 0 fully saturated rings. The van der Waals surface area contributed by atoms with E-state index in [0.29, 0.717) is 11.3 Å². The van der Waals surface area contributed by atoms with Crippen LogP contribution in [0.25, 0.3) is 0 Å². The van der Waals surface area contributed by atoms with Crippen LogP contribution in [0.1, 0.15) is 11.1 Å². The first kappa shape index (κ1) is 15.2. The Morgan fingerprint density at radius 1 is 1.05 bits per heavy atom. The largest absolute Gasteiger partial charge is 0.493 e. The van der Waals surface area contributed by atoms with E-state index in [4.69, 9.17) is 14.6 Å². The lowest BCUT2D eigenvalue weighted by Crippen LogP contribution is -2.04. The predicted octanol–water partition coefficient (Wildman–Crippen LogP) is 4.00. The molecule has 21 heavy (non-hydrogen) atoms. The van der Waals surface area contributed by atoms with Gasteiger partial charge in [0, 0.05) is 0 Å². The molecule has 0 bridgehead atoms. The van der Waals surface area contributed by atoms with Crippen LogP contribution in [0.5, 0.6) is 17.2 Å². The summed E-state index contributed by atoms with van der Waals surface area (Å²) in [6.07, 6.45) is -4.43. The molecule has 0 saturated heterocycles.